The second-order valence-electron chi connectivity index (χ2n) is 3.17. The summed E-state index contributed by atoms with van der Waals surface area (Å²) in [5, 5.41) is 2.35. The van der Waals surface area contributed by atoms with Gasteiger partial charge in [-0.05, 0) is 6.92 Å². The van der Waals surface area contributed by atoms with E-state index in [1.54, 1.807) is 6.92 Å². The molecule has 2 heterocycles. The van der Waals surface area contributed by atoms with Gasteiger partial charge in [0.15, 0.2) is 5.13 Å². The van der Waals surface area contributed by atoms with E-state index in [0.29, 0.717) is 17.4 Å². The van der Waals surface area contributed by atoms with Crippen LogP contribution < -0.4 is 11.3 Å². The molecule has 0 unspecified atom stereocenters. The zero-order valence-corrected chi connectivity index (χ0v) is 8.99. The van der Waals surface area contributed by atoms with Gasteiger partial charge < -0.3 is 5.73 Å². The van der Waals surface area contributed by atoms with Gasteiger partial charge in [-0.25, -0.2) is 9.97 Å². The molecule has 0 saturated carbocycles. The molecule has 0 aliphatic carbocycles. The number of aromatic nitrogens is 3. The second-order valence-corrected chi connectivity index (χ2v) is 4.06. The lowest BCUT2D eigenvalue weighted by Gasteiger charge is -2.01. The molecule has 2 N–H and O–H groups in total. The number of nitrogen functional groups attached to an aromatic ring is 1. The maximum atomic E-state index is 11.5. The SMILES string of the molecule is Cc1cc(=O)n(Cc2csc(N)n2)cn1. The van der Waals surface area contributed by atoms with Crippen LogP contribution in [0.5, 0.6) is 0 Å². The number of hydrogen-bond acceptors (Lipinski definition) is 5. The lowest BCUT2D eigenvalue weighted by atomic mass is 10.4. The molecule has 0 aromatic carbocycles. The minimum atomic E-state index is -0.0749. The van der Waals surface area contributed by atoms with E-state index in [0.717, 1.165) is 5.69 Å². The monoisotopic (exact) mass is 222 g/mol. The molecule has 78 valence electrons. The van der Waals surface area contributed by atoms with Gasteiger partial charge in [-0.3, -0.25) is 9.36 Å². The molecule has 0 atom stereocenters. The fourth-order valence-corrected chi connectivity index (χ4v) is 1.76. The van der Waals surface area contributed by atoms with Crippen LogP contribution in [-0.2, 0) is 6.54 Å². The van der Waals surface area contributed by atoms with Crippen molar-refractivity contribution in [3.8, 4) is 0 Å². The van der Waals surface area contributed by atoms with Crippen molar-refractivity contribution in [2.45, 2.75) is 13.5 Å². The van der Waals surface area contributed by atoms with Crippen molar-refractivity contribution in [2.24, 2.45) is 0 Å². The van der Waals surface area contributed by atoms with Crippen LogP contribution in [-0.4, -0.2) is 14.5 Å². The van der Waals surface area contributed by atoms with Crippen LogP contribution in [0.2, 0.25) is 0 Å². The summed E-state index contributed by atoms with van der Waals surface area (Å²) in [6, 6.07) is 1.50. The summed E-state index contributed by atoms with van der Waals surface area (Å²) in [6.45, 7) is 2.20. The number of hydrogen-bond donors (Lipinski definition) is 1. The molecule has 2 aromatic heterocycles. The van der Waals surface area contributed by atoms with E-state index >= 15 is 0 Å². The van der Waals surface area contributed by atoms with Gasteiger partial charge in [0, 0.05) is 17.1 Å². The third-order valence-electron chi connectivity index (χ3n) is 1.92. The molecule has 0 saturated heterocycles. The van der Waals surface area contributed by atoms with Crippen LogP contribution in [0.15, 0.2) is 22.6 Å². The number of anilines is 1. The summed E-state index contributed by atoms with van der Waals surface area (Å²) in [5.74, 6) is 0. The highest BCUT2D eigenvalue weighted by Crippen LogP contribution is 2.11. The van der Waals surface area contributed by atoms with Crippen molar-refractivity contribution in [3.63, 3.8) is 0 Å². The third-order valence-corrected chi connectivity index (χ3v) is 2.64. The number of aryl methyl sites for hydroxylation is 1. The molecular weight excluding hydrogens is 212 g/mol. The quantitative estimate of drug-likeness (QED) is 0.809. The molecule has 0 amide bonds. The average Bonchev–Trinajstić information content (AvgIpc) is 2.56. The molecule has 0 radical (unpaired) electrons. The summed E-state index contributed by atoms with van der Waals surface area (Å²) >= 11 is 1.36. The molecule has 2 aromatic rings. The Bertz CT molecular complexity index is 531. The molecule has 0 spiro atoms. The summed E-state index contributed by atoms with van der Waals surface area (Å²) in [7, 11) is 0. The highest BCUT2D eigenvalue weighted by molar-refractivity contribution is 7.13. The van der Waals surface area contributed by atoms with Gasteiger partial charge in [-0.2, -0.15) is 0 Å². The fraction of sp³-hybridized carbons (Fsp3) is 0.222. The Balaban J connectivity index is 2.28. The van der Waals surface area contributed by atoms with Crippen LogP contribution >= 0.6 is 11.3 Å². The number of nitrogens with two attached hydrogens (primary N) is 1. The number of nitrogens with zero attached hydrogens (tertiary/aromatic N) is 3. The standard InChI is InChI=1S/C9H10N4OS/c1-6-2-8(14)13(5-11-6)3-7-4-15-9(10)12-7/h2,4-5H,3H2,1H3,(H2,10,12). The van der Waals surface area contributed by atoms with E-state index in [-0.39, 0.29) is 5.56 Å². The van der Waals surface area contributed by atoms with E-state index in [1.165, 1.54) is 28.3 Å². The largest absolute Gasteiger partial charge is 0.375 e. The maximum absolute atomic E-state index is 11.5. The molecule has 0 aliphatic rings. The summed E-state index contributed by atoms with van der Waals surface area (Å²) in [5.41, 5.74) is 6.92. The first kappa shape index (κ1) is 9.85. The Labute approximate surface area is 90.2 Å². The Morgan fingerprint density at radius 2 is 2.40 bits per heavy atom. The molecule has 5 nitrogen and oxygen atoms in total. The van der Waals surface area contributed by atoms with Crippen LogP contribution in [0.25, 0.3) is 0 Å². The molecular formula is C9H10N4OS. The Morgan fingerprint density at radius 1 is 1.60 bits per heavy atom. The van der Waals surface area contributed by atoms with Crippen molar-refractivity contribution >= 4 is 16.5 Å². The lowest BCUT2D eigenvalue weighted by molar-refractivity contribution is 0.718. The van der Waals surface area contributed by atoms with Gasteiger partial charge in [0.05, 0.1) is 18.6 Å². The Hall–Kier alpha value is -1.69. The van der Waals surface area contributed by atoms with Crippen LogP contribution in [0, 0.1) is 6.92 Å². The summed E-state index contributed by atoms with van der Waals surface area (Å²) < 4.78 is 1.50. The van der Waals surface area contributed by atoms with Crippen LogP contribution in [0.4, 0.5) is 5.13 Å². The second kappa shape index (κ2) is 3.82. The van der Waals surface area contributed by atoms with E-state index < -0.39 is 0 Å². The maximum Gasteiger partial charge on any atom is 0.253 e. The third kappa shape index (κ3) is 2.21. The summed E-state index contributed by atoms with van der Waals surface area (Å²) in [6.07, 6.45) is 1.52. The van der Waals surface area contributed by atoms with Crippen LogP contribution in [0.1, 0.15) is 11.4 Å². The van der Waals surface area contributed by atoms with Crippen molar-refractivity contribution in [3.05, 3.63) is 39.5 Å². The summed E-state index contributed by atoms with van der Waals surface area (Å²) in [4.78, 5) is 19.6. The van der Waals surface area contributed by atoms with E-state index in [1.807, 2.05) is 5.38 Å². The molecule has 0 aliphatic heterocycles. The van der Waals surface area contributed by atoms with Crippen molar-refractivity contribution < 1.29 is 0 Å². The predicted molar refractivity (Wildman–Crippen MR) is 58.9 cm³/mol. The van der Waals surface area contributed by atoms with Crippen molar-refractivity contribution in [2.75, 3.05) is 5.73 Å². The normalized spacial score (nSPS) is 10.5. The highest BCUT2D eigenvalue weighted by Gasteiger charge is 2.02. The van der Waals surface area contributed by atoms with E-state index in [2.05, 4.69) is 9.97 Å². The van der Waals surface area contributed by atoms with Gasteiger partial charge in [0.2, 0.25) is 0 Å². The average molecular weight is 222 g/mol. The predicted octanol–water partition coefficient (Wildman–Crippen LogP) is 0.639. The van der Waals surface area contributed by atoms with Gasteiger partial charge >= 0.3 is 0 Å². The first-order valence-electron chi connectivity index (χ1n) is 4.38. The smallest absolute Gasteiger partial charge is 0.253 e. The molecule has 0 fully saturated rings. The highest BCUT2D eigenvalue weighted by atomic mass is 32.1. The number of rotatable bonds is 2. The van der Waals surface area contributed by atoms with Gasteiger partial charge in [-0.1, -0.05) is 0 Å². The zero-order valence-electron chi connectivity index (χ0n) is 8.17. The first-order chi connectivity index (χ1) is 7.15. The number of thiazole rings is 1. The molecule has 2 rings (SSSR count). The van der Waals surface area contributed by atoms with Gasteiger partial charge in [0.25, 0.3) is 5.56 Å². The Morgan fingerprint density at radius 3 is 3.00 bits per heavy atom. The molecule has 6 heteroatoms. The van der Waals surface area contributed by atoms with E-state index in [4.69, 9.17) is 5.73 Å². The first-order valence-corrected chi connectivity index (χ1v) is 5.26. The Kier molecular flexibility index (Phi) is 2.51. The zero-order chi connectivity index (χ0) is 10.8. The fourth-order valence-electron chi connectivity index (χ4n) is 1.21. The topological polar surface area (TPSA) is 73.8 Å². The van der Waals surface area contributed by atoms with Crippen molar-refractivity contribution in [1.29, 1.82) is 0 Å². The molecule has 0 bridgehead atoms. The van der Waals surface area contributed by atoms with E-state index in [9.17, 15) is 4.79 Å². The van der Waals surface area contributed by atoms with Crippen LogP contribution in [0.3, 0.4) is 0 Å². The lowest BCUT2D eigenvalue weighted by Crippen LogP contribution is -2.20. The van der Waals surface area contributed by atoms with Gasteiger partial charge in [-0.15, -0.1) is 11.3 Å². The minimum Gasteiger partial charge on any atom is -0.375 e. The molecule has 15 heavy (non-hydrogen) atoms. The minimum absolute atomic E-state index is 0.0749. The van der Waals surface area contributed by atoms with Crippen molar-refractivity contribution in [1.82, 2.24) is 14.5 Å². The van der Waals surface area contributed by atoms with Gasteiger partial charge in [0.1, 0.15) is 0 Å².